The zero-order chi connectivity index (χ0) is 16.9. The standard InChI is InChI=1S/C17H21N5OS/c1-20(2)15-6-7-16(19-18-15)21-9-11-22(12-10-21)17(23)8-5-14-4-3-13-24-14/h3-8,13H,9-12H2,1-2H3/b8-5+. The summed E-state index contributed by atoms with van der Waals surface area (Å²) in [5, 5.41) is 10.5. The fraction of sp³-hybridized carbons (Fsp3) is 0.353. The second kappa shape index (κ2) is 7.44. The van der Waals surface area contributed by atoms with Crippen LogP contribution in [0, 0.1) is 0 Å². The van der Waals surface area contributed by atoms with Crippen molar-refractivity contribution in [3.05, 3.63) is 40.6 Å². The molecule has 1 aliphatic heterocycles. The minimum atomic E-state index is 0.0667. The quantitative estimate of drug-likeness (QED) is 0.795. The summed E-state index contributed by atoms with van der Waals surface area (Å²) < 4.78 is 0. The number of anilines is 2. The molecule has 0 bridgehead atoms. The minimum absolute atomic E-state index is 0.0667. The third-order valence-corrected chi connectivity index (χ3v) is 4.78. The van der Waals surface area contributed by atoms with Crippen LogP contribution in [-0.2, 0) is 4.79 Å². The smallest absolute Gasteiger partial charge is 0.246 e. The molecule has 0 unspecified atom stereocenters. The topological polar surface area (TPSA) is 52.6 Å². The number of hydrogen-bond donors (Lipinski definition) is 0. The summed E-state index contributed by atoms with van der Waals surface area (Å²) in [6.07, 6.45) is 3.54. The van der Waals surface area contributed by atoms with Gasteiger partial charge in [0.15, 0.2) is 11.6 Å². The van der Waals surface area contributed by atoms with E-state index in [0.29, 0.717) is 13.1 Å². The molecule has 0 saturated carbocycles. The van der Waals surface area contributed by atoms with Crippen molar-refractivity contribution < 1.29 is 4.79 Å². The van der Waals surface area contributed by atoms with E-state index in [4.69, 9.17) is 0 Å². The zero-order valence-electron chi connectivity index (χ0n) is 13.9. The molecule has 1 amide bonds. The molecule has 1 saturated heterocycles. The van der Waals surface area contributed by atoms with Crippen molar-refractivity contribution in [2.24, 2.45) is 0 Å². The predicted octanol–water partition coefficient (Wildman–Crippen LogP) is 1.97. The van der Waals surface area contributed by atoms with Crippen LogP contribution < -0.4 is 9.80 Å². The summed E-state index contributed by atoms with van der Waals surface area (Å²) in [4.78, 5) is 19.3. The molecule has 1 fully saturated rings. The Balaban J connectivity index is 1.54. The molecule has 0 aliphatic carbocycles. The van der Waals surface area contributed by atoms with Gasteiger partial charge in [-0.3, -0.25) is 4.79 Å². The van der Waals surface area contributed by atoms with Crippen LogP contribution in [0.15, 0.2) is 35.7 Å². The van der Waals surface area contributed by atoms with Crippen LogP contribution in [0.5, 0.6) is 0 Å². The SMILES string of the molecule is CN(C)c1ccc(N2CCN(C(=O)/C=C/c3cccs3)CC2)nn1. The van der Waals surface area contributed by atoms with E-state index < -0.39 is 0 Å². The maximum atomic E-state index is 12.2. The average molecular weight is 343 g/mol. The van der Waals surface area contributed by atoms with Gasteiger partial charge in [0.05, 0.1) is 0 Å². The number of carbonyl (C=O) groups excluding carboxylic acids is 1. The van der Waals surface area contributed by atoms with E-state index in [1.165, 1.54) is 0 Å². The van der Waals surface area contributed by atoms with Gasteiger partial charge in [-0.25, -0.2) is 0 Å². The molecule has 7 heteroatoms. The molecule has 6 nitrogen and oxygen atoms in total. The predicted molar refractivity (Wildman–Crippen MR) is 98.5 cm³/mol. The zero-order valence-corrected chi connectivity index (χ0v) is 14.7. The first-order chi connectivity index (χ1) is 11.6. The van der Waals surface area contributed by atoms with E-state index in [1.807, 2.05) is 59.6 Å². The van der Waals surface area contributed by atoms with Gasteiger partial charge < -0.3 is 14.7 Å². The Morgan fingerprint density at radius 1 is 1.17 bits per heavy atom. The first kappa shape index (κ1) is 16.4. The van der Waals surface area contributed by atoms with E-state index in [2.05, 4.69) is 15.1 Å². The van der Waals surface area contributed by atoms with Crippen LogP contribution >= 0.6 is 11.3 Å². The maximum Gasteiger partial charge on any atom is 0.246 e. The fourth-order valence-corrected chi connectivity index (χ4v) is 3.14. The highest BCUT2D eigenvalue weighted by atomic mass is 32.1. The number of aromatic nitrogens is 2. The third-order valence-electron chi connectivity index (χ3n) is 3.94. The normalized spacial score (nSPS) is 15.1. The van der Waals surface area contributed by atoms with Crippen LogP contribution in [0.25, 0.3) is 6.08 Å². The van der Waals surface area contributed by atoms with Gasteiger partial charge in [-0.2, -0.15) is 0 Å². The molecule has 2 aromatic heterocycles. The molecule has 0 atom stereocenters. The number of carbonyl (C=O) groups is 1. The first-order valence-electron chi connectivity index (χ1n) is 7.90. The monoisotopic (exact) mass is 343 g/mol. The molecule has 1 aliphatic rings. The van der Waals surface area contributed by atoms with Gasteiger partial charge in [0, 0.05) is 51.2 Å². The van der Waals surface area contributed by atoms with E-state index >= 15 is 0 Å². The Morgan fingerprint density at radius 3 is 2.54 bits per heavy atom. The number of thiophene rings is 1. The lowest BCUT2D eigenvalue weighted by Gasteiger charge is -2.34. The molecular weight excluding hydrogens is 322 g/mol. The van der Waals surface area contributed by atoms with Gasteiger partial charge in [0.2, 0.25) is 5.91 Å². The molecule has 126 valence electrons. The van der Waals surface area contributed by atoms with Gasteiger partial charge in [0.25, 0.3) is 0 Å². The molecule has 3 heterocycles. The van der Waals surface area contributed by atoms with Gasteiger partial charge in [-0.05, 0) is 29.7 Å². The van der Waals surface area contributed by atoms with Crippen molar-refractivity contribution in [1.82, 2.24) is 15.1 Å². The van der Waals surface area contributed by atoms with Crippen LogP contribution in [0.2, 0.25) is 0 Å². The number of piperazine rings is 1. The fourth-order valence-electron chi connectivity index (χ4n) is 2.53. The van der Waals surface area contributed by atoms with Gasteiger partial charge >= 0.3 is 0 Å². The number of rotatable bonds is 4. The molecular formula is C17H21N5OS. The third kappa shape index (κ3) is 3.91. The summed E-state index contributed by atoms with van der Waals surface area (Å²) >= 11 is 1.63. The Kier molecular flexibility index (Phi) is 5.10. The minimum Gasteiger partial charge on any atom is -0.361 e. The Morgan fingerprint density at radius 2 is 1.96 bits per heavy atom. The molecule has 24 heavy (non-hydrogen) atoms. The molecule has 0 aromatic carbocycles. The largest absolute Gasteiger partial charge is 0.361 e. The molecule has 0 N–H and O–H groups in total. The van der Waals surface area contributed by atoms with E-state index in [9.17, 15) is 4.79 Å². The van der Waals surface area contributed by atoms with Crippen molar-refractivity contribution in [3.63, 3.8) is 0 Å². The van der Waals surface area contributed by atoms with Crippen LogP contribution in [-0.4, -0.2) is 61.3 Å². The maximum absolute atomic E-state index is 12.2. The van der Waals surface area contributed by atoms with Crippen LogP contribution in [0.4, 0.5) is 11.6 Å². The number of amides is 1. The van der Waals surface area contributed by atoms with Gasteiger partial charge in [0.1, 0.15) is 0 Å². The lowest BCUT2D eigenvalue weighted by molar-refractivity contribution is -0.126. The highest BCUT2D eigenvalue weighted by molar-refractivity contribution is 7.10. The van der Waals surface area contributed by atoms with E-state index in [0.717, 1.165) is 29.6 Å². The Labute approximate surface area is 146 Å². The van der Waals surface area contributed by atoms with E-state index in [-0.39, 0.29) is 5.91 Å². The number of hydrogen-bond acceptors (Lipinski definition) is 6. The molecule has 0 radical (unpaired) electrons. The molecule has 2 aromatic rings. The van der Waals surface area contributed by atoms with Gasteiger partial charge in [-0.15, -0.1) is 21.5 Å². The summed E-state index contributed by atoms with van der Waals surface area (Å²) in [6.45, 7) is 2.94. The van der Waals surface area contributed by atoms with Crippen molar-refractivity contribution in [3.8, 4) is 0 Å². The Hall–Kier alpha value is -2.41. The van der Waals surface area contributed by atoms with Crippen molar-refractivity contribution >= 4 is 35.0 Å². The van der Waals surface area contributed by atoms with Crippen LogP contribution in [0.1, 0.15) is 4.88 Å². The lowest BCUT2D eigenvalue weighted by Crippen LogP contribution is -2.48. The average Bonchev–Trinajstić information content (AvgIpc) is 3.13. The lowest BCUT2D eigenvalue weighted by atomic mass is 10.3. The highest BCUT2D eigenvalue weighted by Gasteiger charge is 2.20. The highest BCUT2D eigenvalue weighted by Crippen LogP contribution is 2.16. The summed E-state index contributed by atoms with van der Waals surface area (Å²) in [7, 11) is 3.88. The summed E-state index contributed by atoms with van der Waals surface area (Å²) in [5.74, 6) is 1.77. The summed E-state index contributed by atoms with van der Waals surface area (Å²) in [5.41, 5.74) is 0. The second-order valence-electron chi connectivity index (χ2n) is 5.81. The van der Waals surface area contributed by atoms with Crippen molar-refractivity contribution in [2.75, 3.05) is 50.1 Å². The van der Waals surface area contributed by atoms with Crippen LogP contribution in [0.3, 0.4) is 0 Å². The number of nitrogens with zero attached hydrogens (tertiary/aromatic N) is 5. The molecule has 0 spiro atoms. The van der Waals surface area contributed by atoms with Crippen molar-refractivity contribution in [1.29, 1.82) is 0 Å². The van der Waals surface area contributed by atoms with E-state index in [1.54, 1.807) is 17.4 Å². The van der Waals surface area contributed by atoms with Gasteiger partial charge in [-0.1, -0.05) is 6.07 Å². The molecule has 3 rings (SSSR count). The second-order valence-corrected chi connectivity index (χ2v) is 6.78. The Bertz CT molecular complexity index is 688. The van der Waals surface area contributed by atoms with Crippen molar-refractivity contribution in [2.45, 2.75) is 0 Å². The summed E-state index contributed by atoms with van der Waals surface area (Å²) in [6, 6.07) is 7.93. The first-order valence-corrected chi connectivity index (χ1v) is 8.78.